The number of nitrogens with zero attached hydrogens (tertiary/aromatic N) is 3. The molecule has 0 spiro atoms. The van der Waals surface area contributed by atoms with E-state index in [1.54, 1.807) is 18.5 Å². The van der Waals surface area contributed by atoms with Crippen molar-refractivity contribution in [2.45, 2.75) is 13.5 Å². The van der Waals surface area contributed by atoms with Crippen molar-refractivity contribution in [3.8, 4) is 0 Å². The molecule has 0 aliphatic heterocycles. The van der Waals surface area contributed by atoms with E-state index >= 15 is 0 Å². The number of imidazole rings is 1. The van der Waals surface area contributed by atoms with Gasteiger partial charge in [0.05, 0.1) is 22.8 Å². The molecule has 5 heteroatoms. The highest BCUT2D eigenvalue weighted by atomic mass is 16.1. The molecule has 2 aromatic carbocycles. The molecule has 0 saturated heterocycles. The number of hydrogen-bond acceptors (Lipinski definition) is 3. The fourth-order valence-electron chi connectivity index (χ4n) is 3.54. The van der Waals surface area contributed by atoms with Crippen molar-refractivity contribution >= 4 is 27.7 Å². The highest BCUT2D eigenvalue weighted by Gasteiger charge is 2.19. The summed E-state index contributed by atoms with van der Waals surface area (Å²) in [7, 11) is 0. The van der Waals surface area contributed by atoms with Gasteiger partial charge < -0.3 is 9.55 Å². The Hall–Kier alpha value is -3.73. The van der Waals surface area contributed by atoms with Gasteiger partial charge in [0.1, 0.15) is 0 Å². The Kier molecular flexibility index (Phi) is 3.79. The van der Waals surface area contributed by atoms with Crippen LogP contribution >= 0.6 is 0 Å². The lowest BCUT2D eigenvalue weighted by Crippen LogP contribution is -2.03. The Labute approximate surface area is 163 Å². The van der Waals surface area contributed by atoms with Gasteiger partial charge in [-0.15, -0.1) is 0 Å². The lowest BCUT2D eigenvalue weighted by Gasteiger charge is -2.06. The zero-order valence-corrected chi connectivity index (χ0v) is 15.4. The predicted molar refractivity (Wildman–Crippen MR) is 112 cm³/mol. The molecule has 28 heavy (non-hydrogen) atoms. The van der Waals surface area contributed by atoms with Gasteiger partial charge in [0.25, 0.3) is 0 Å². The first-order chi connectivity index (χ1) is 13.7. The second kappa shape index (κ2) is 6.46. The van der Waals surface area contributed by atoms with Gasteiger partial charge in [-0.2, -0.15) is 0 Å². The molecule has 3 aromatic heterocycles. The predicted octanol–water partition coefficient (Wildman–Crippen LogP) is 4.75. The lowest BCUT2D eigenvalue weighted by molar-refractivity contribution is 0.103. The Morgan fingerprint density at radius 1 is 1.11 bits per heavy atom. The molecule has 0 aliphatic carbocycles. The molecule has 1 N–H and O–H groups in total. The van der Waals surface area contributed by atoms with Crippen LogP contribution in [0, 0.1) is 6.92 Å². The molecule has 0 aliphatic rings. The molecule has 0 atom stereocenters. The topological polar surface area (TPSA) is 63.6 Å². The van der Waals surface area contributed by atoms with Gasteiger partial charge in [-0.3, -0.25) is 9.78 Å². The van der Waals surface area contributed by atoms with Gasteiger partial charge in [0.15, 0.2) is 5.82 Å². The molecule has 0 bridgehead atoms. The van der Waals surface area contributed by atoms with Gasteiger partial charge in [0.2, 0.25) is 5.78 Å². The molecule has 0 amide bonds. The van der Waals surface area contributed by atoms with Gasteiger partial charge in [-0.25, -0.2) is 4.98 Å². The summed E-state index contributed by atoms with van der Waals surface area (Å²) in [6.45, 7) is 2.78. The quantitative estimate of drug-likeness (QED) is 0.466. The molecular formula is C23H20N4O. The highest BCUT2D eigenvalue weighted by molar-refractivity contribution is 6.15. The van der Waals surface area contributed by atoms with Gasteiger partial charge in [0, 0.05) is 31.3 Å². The van der Waals surface area contributed by atoms with E-state index in [1.807, 2.05) is 30.5 Å². The molecule has 5 aromatic rings. The monoisotopic (exact) mass is 368 g/mol. The van der Waals surface area contributed by atoms with E-state index < -0.39 is 0 Å². The number of H-pyrrole nitrogens is 1. The maximum atomic E-state index is 13.2. The summed E-state index contributed by atoms with van der Waals surface area (Å²) in [4.78, 5) is 24.8. The van der Waals surface area contributed by atoms with Crippen LogP contribution in [0.5, 0.6) is 0 Å². The largest absolute Gasteiger partial charge is 0.342 e. The smallest absolute Gasteiger partial charge is 0.230 e. The fraction of sp³-hybridized carbons (Fsp3) is 0.0870. The Morgan fingerprint density at radius 2 is 1.93 bits per heavy atom. The summed E-state index contributed by atoms with van der Waals surface area (Å²) in [5, 5.41) is 0.929. The molecule has 0 unspecified atom stereocenters. The summed E-state index contributed by atoms with van der Waals surface area (Å²) in [6.07, 6.45) is 5.28. The summed E-state index contributed by atoms with van der Waals surface area (Å²) in [5.74, 6) is 0.219. The second-order valence-electron chi connectivity index (χ2n) is 6.98. The van der Waals surface area contributed by atoms with Gasteiger partial charge in [-0.05, 0) is 24.6 Å². The molecule has 5 nitrogen and oxygen atoms in total. The van der Waals surface area contributed by atoms with Crippen LogP contribution in [0.2, 0.25) is 0 Å². The first-order valence-electron chi connectivity index (χ1n) is 9.17. The average molecular weight is 368 g/mol. The van der Waals surface area contributed by atoms with Crippen LogP contribution in [-0.2, 0) is 6.54 Å². The van der Waals surface area contributed by atoms with Crippen LogP contribution in [0.3, 0.4) is 0 Å². The van der Waals surface area contributed by atoms with E-state index in [0.717, 1.165) is 21.9 Å². The molecular weight excluding hydrogens is 348 g/mol. The fourth-order valence-corrected chi connectivity index (χ4v) is 3.54. The summed E-state index contributed by atoms with van der Waals surface area (Å²) < 4.78 is 2.12. The van der Waals surface area contributed by atoms with Crippen molar-refractivity contribution in [2.24, 2.45) is 0 Å². The minimum absolute atomic E-state index is 0. The number of benzene rings is 2. The Balaban J connectivity index is 0.00000205. The number of pyridine rings is 1. The second-order valence-corrected chi connectivity index (χ2v) is 6.98. The van der Waals surface area contributed by atoms with E-state index in [1.165, 1.54) is 11.1 Å². The number of hydrogen-bond donors (Lipinski definition) is 1. The molecule has 0 fully saturated rings. The van der Waals surface area contributed by atoms with Crippen molar-refractivity contribution in [3.63, 3.8) is 0 Å². The maximum Gasteiger partial charge on any atom is 0.230 e. The van der Waals surface area contributed by atoms with E-state index in [4.69, 9.17) is 0 Å². The van der Waals surface area contributed by atoms with Crippen molar-refractivity contribution in [1.82, 2.24) is 19.5 Å². The minimum Gasteiger partial charge on any atom is -0.342 e. The first-order valence-corrected chi connectivity index (χ1v) is 9.17. The number of fused-ring (bicyclic) bond motifs is 2. The zero-order chi connectivity index (χ0) is 19.1. The number of rotatable bonds is 4. The van der Waals surface area contributed by atoms with E-state index in [-0.39, 0.29) is 7.21 Å². The maximum absolute atomic E-state index is 13.2. The third-order valence-corrected chi connectivity index (χ3v) is 5.01. The average Bonchev–Trinajstić information content (AvgIpc) is 3.31. The summed E-state index contributed by atoms with van der Waals surface area (Å²) >= 11 is 0. The number of ketones is 1. The first kappa shape index (κ1) is 16.4. The molecule has 5 rings (SSSR count). The SMILES string of the molecule is Cc1ccc(Cn2cc(C(=O)c3nc4ccncc4[nH]3)c3ccccc32)cc1.[HH]. The number of aromatic amines is 1. The molecule has 0 saturated carbocycles. The minimum atomic E-state index is -0.116. The number of carbonyl (C=O) groups excluding carboxylic acids is 1. The zero-order valence-electron chi connectivity index (χ0n) is 15.4. The van der Waals surface area contributed by atoms with Crippen LogP contribution in [0.25, 0.3) is 21.9 Å². The third-order valence-electron chi connectivity index (χ3n) is 5.01. The standard InChI is InChI=1S/C23H18N4O.H2/c1-15-6-8-16(9-7-15)13-27-14-18(17-4-2-3-5-21(17)27)22(28)23-25-19-10-11-24-12-20(19)26-23;/h2-12,14H,13H2,1H3,(H,25,26);1H. The number of para-hydroxylation sites is 1. The van der Waals surface area contributed by atoms with Gasteiger partial charge >= 0.3 is 0 Å². The summed E-state index contributed by atoms with van der Waals surface area (Å²) in [5.41, 5.74) is 5.60. The number of nitrogens with one attached hydrogen (secondary N) is 1. The van der Waals surface area contributed by atoms with Crippen molar-refractivity contribution in [1.29, 1.82) is 0 Å². The molecule has 138 valence electrons. The van der Waals surface area contributed by atoms with E-state index in [0.29, 0.717) is 17.9 Å². The molecule has 3 heterocycles. The third kappa shape index (κ3) is 2.77. The lowest BCUT2D eigenvalue weighted by atomic mass is 10.1. The Morgan fingerprint density at radius 3 is 2.75 bits per heavy atom. The number of carbonyl (C=O) groups is 1. The van der Waals surface area contributed by atoms with E-state index in [9.17, 15) is 4.79 Å². The van der Waals surface area contributed by atoms with Crippen LogP contribution in [0.4, 0.5) is 0 Å². The van der Waals surface area contributed by atoms with Crippen LogP contribution in [0.15, 0.2) is 73.2 Å². The Bertz CT molecular complexity index is 1280. The van der Waals surface area contributed by atoms with Crippen molar-refractivity contribution < 1.29 is 6.22 Å². The van der Waals surface area contributed by atoms with Crippen LogP contribution < -0.4 is 0 Å². The van der Waals surface area contributed by atoms with Crippen LogP contribution in [0.1, 0.15) is 28.7 Å². The molecule has 0 radical (unpaired) electrons. The van der Waals surface area contributed by atoms with Crippen molar-refractivity contribution in [3.05, 3.63) is 95.7 Å². The highest BCUT2D eigenvalue weighted by Crippen LogP contribution is 2.25. The van der Waals surface area contributed by atoms with Crippen molar-refractivity contribution in [2.75, 3.05) is 0 Å². The summed E-state index contributed by atoms with van der Waals surface area (Å²) in [6, 6.07) is 18.2. The van der Waals surface area contributed by atoms with E-state index in [2.05, 4.69) is 50.7 Å². The van der Waals surface area contributed by atoms with Gasteiger partial charge in [-0.1, -0.05) is 48.0 Å². The number of aryl methyl sites for hydroxylation is 1. The van der Waals surface area contributed by atoms with Crippen LogP contribution in [-0.4, -0.2) is 25.3 Å². The number of aromatic nitrogens is 4. The normalized spacial score (nSPS) is 11.3.